The Hall–Kier alpha value is -3.07. The van der Waals surface area contributed by atoms with E-state index in [1.54, 1.807) is 0 Å². The maximum Gasteiger partial charge on any atom is 0.255 e. The van der Waals surface area contributed by atoms with Gasteiger partial charge in [0.2, 0.25) is 5.91 Å². The topological polar surface area (TPSA) is 83.0 Å². The summed E-state index contributed by atoms with van der Waals surface area (Å²) in [4.78, 5) is 33.2. The number of rotatable bonds is 7. The Bertz CT molecular complexity index is 1250. The molecule has 5 rings (SSSR count). The van der Waals surface area contributed by atoms with Gasteiger partial charge < -0.3 is 20.3 Å². The minimum atomic E-state index is -0.526. The van der Waals surface area contributed by atoms with Gasteiger partial charge in [-0.2, -0.15) is 0 Å². The molecule has 9 heteroatoms. The Morgan fingerprint density at radius 1 is 1.17 bits per heavy atom. The van der Waals surface area contributed by atoms with Gasteiger partial charge in [0.25, 0.3) is 5.91 Å². The summed E-state index contributed by atoms with van der Waals surface area (Å²) < 4.78 is 5.62. The van der Waals surface area contributed by atoms with Crippen LogP contribution in [0.15, 0.2) is 82.0 Å². The van der Waals surface area contributed by atoms with Crippen LogP contribution in [0.3, 0.4) is 0 Å². The number of aliphatic imine (C=N–C) groups is 1. The van der Waals surface area contributed by atoms with E-state index in [0.29, 0.717) is 28.5 Å². The Kier molecular flexibility index (Phi) is 7.46. The minimum absolute atomic E-state index is 0.0720. The van der Waals surface area contributed by atoms with Gasteiger partial charge in [-0.15, -0.1) is 0 Å². The molecule has 3 heterocycles. The number of carbonyl (C=O) groups excluding carboxylic acids is 2. The number of amides is 2. The van der Waals surface area contributed by atoms with Crippen molar-refractivity contribution in [3.05, 3.63) is 87.6 Å². The van der Waals surface area contributed by atoms with Gasteiger partial charge in [-0.05, 0) is 48.9 Å². The fourth-order valence-corrected chi connectivity index (χ4v) is 5.83. The summed E-state index contributed by atoms with van der Waals surface area (Å²) in [6, 6.07) is 16.3. The second-order valence-corrected chi connectivity index (χ2v) is 10.1. The van der Waals surface area contributed by atoms with E-state index < -0.39 is 6.04 Å². The zero-order valence-electron chi connectivity index (χ0n) is 19.9. The number of hydrogen-bond donors (Lipinski definition) is 2. The quantitative estimate of drug-likeness (QED) is 0.519. The monoisotopic (exact) mass is 522 g/mol. The number of para-hydroxylation sites is 1. The van der Waals surface area contributed by atoms with Crippen LogP contribution in [0.2, 0.25) is 5.02 Å². The molecule has 2 N–H and O–H groups in total. The summed E-state index contributed by atoms with van der Waals surface area (Å²) in [5.74, 6) is -0.358. The average Bonchev–Trinajstić information content (AvgIpc) is 3.53. The number of ether oxygens (including phenoxy) is 1. The molecule has 1 fully saturated rings. The van der Waals surface area contributed by atoms with E-state index in [9.17, 15) is 9.59 Å². The molecule has 0 bridgehead atoms. The Balaban J connectivity index is 1.44. The SMILES string of the molecule is CC1=C(C(=O)Nc2ccccc2)C(c2ccccc2Cl)N2C(CC(=O)NCC3CCCO3)=CSC2=N1. The van der Waals surface area contributed by atoms with Crippen molar-refractivity contribution in [2.45, 2.75) is 38.3 Å². The number of halogens is 1. The number of nitrogens with one attached hydrogen (secondary N) is 2. The summed E-state index contributed by atoms with van der Waals surface area (Å²) in [7, 11) is 0. The summed E-state index contributed by atoms with van der Waals surface area (Å²) in [6.45, 7) is 3.08. The highest BCUT2D eigenvalue weighted by molar-refractivity contribution is 8.16. The van der Waals surface area contributed by atoms with E-state index >= 15 is 0 Å². The van der Waals surface area contributed by atoms with Gasteiger partial charge in [-0.3, -0.25) is 9.59 Å². The van der Waals surface area contributed by atoms with Crippen molar-refractivity contribution < 1.29 is 14.3 Å². The van der Waals surface area contributed by atoms with Crippen molar-refractivity contribution in [1.29, 1.82) is 0 Å². The maximum atomic E-state index is 13.6. The molecule has 36 heavy (non-hydrogen) atoms. The lowest BCUT2D eigenvalue weighted by Gasteiger charge is -2.37. The highest BCUT2D eigenvalue weighted by Gasteiger charge is 2.41. The lowest BCUT2D eigenvalue weighted by Crippen LogP contribution is -2.39. The van der Waals surface area contributed by atoms with E-state index in [0.717, 1.165) is 35.9 Å². The van der Waals surface area contributed by atoms with Crippen LogP contribution in [0.1, 0.15) is 37.8 Å². The van der Waals surface area contributed by atoms with Gasteiger partial charge >= 0.3 is 0 Å². The number of fused-ring (bicyclic) bond motifs is 1. The predicted molar refractivity (Wildman–Crippen MR) is 144 cm³/mol. The van der Waals surface area contributed by atoms with E-state index in [1.807, 2.05) is 71.8 Å². The molecule has 3 aliphatic rings. The molecule has 3 aliphatic heterocycles. The summed E-state index contributed by atoms with van der Waals surface area (Å²) in [5, 5.41) is 9.17. The zero-order valence-corrected chi connectivity index (χ0v) is 21.4. The van der Waals surface area contributed by atoms with Crippen molar-refractivity contribution in [2.24, 2.45) is 4.99 Å². The number of anilines is 1. The highest BCUT2D eigenvalue weighted by Crippen LogP contribution is 2.46. The lowest BCUT2D eigenvalue weighted by molar-refractivity contribution is -0.121. The molecule has 0 radical (unpaired) electrons. The molecule has 0 spiro atoms. The molecule has 2 aromatic carbocycles. The minimum Gasteiger partial charge on any atom is -0.376 e. The van der Waals surface area contributed by atoms with Crippen LogP contribution in [0.25, 0.3) is 0 Å². The predicted octanol–water partition coefficient (Wildman–Crippen LogP) is 5.24. The van der Waals surface area contributed by atoms with Crippen LogP contribution >= 0.6 is 23.4 Å². The van der Waals surface area contributed by atoms with Gasteiger partial charge in [-0.1, -0.05) is 59.8 Å². The van der Waals surface area contributed by atoms with Crippen LogP contribution in [-0.2, 0) is 14.3 Å². The number of allylic oxidation sites excluding steroid dienone is 1. The fourth-order valence-electron chi connectivity index (χ4n) is 4.63. The molecule has 0 aliphatic carbocycles. The van der Waals surface area contributed by atoms with Crippen molar-refractivity contribution in [3.63, 3.8) is 0 Å². The Morgan fingerprint density at radius 3 is 2.69 bits per heavy atom. The zero-order chi connectivity index (χ0) is 25.1. The van der Waals surface area contributed by atoms with Crippen LogP contribution in [0.4, 0.5) is 5.69 Å². The molecule has 1 saturated heterocycles. The average molecular weight is 523 g/mol. The summed E-state index contributed by atoms with van der Waals surface area (Å²) in [5.41, 5.74) is 3.34. The molecular weight excluding hydrogens is 496 g/mol. The first-order valence-electron chi connectivity index (χ1n) is 11.9. The molecule has 2 amide bonds. The standard InChI is InChI=1S/C27H27ClN4O3S/c1-17-24(26(34)31-18-8-3-2-4-9-18)25(21-11-5-6-12-22(21)28)32-19(16-36-27(32)30-17)14-23(33)29-15-20-10-7-13-35-20/h2-6,8-9,11-12,16,20,25H,7,10,13-15H2,1H3,(H,29,33)(H,31,34). The van der Waals surface area contributed by atoms with Gasteiger partial charge in [-0.25, -0.2) is 4.99 Å². The number of carbonyl (C=O) groups is 2. The van der Waals surface area contributed by atoms with Crippen molar-refractivity contribution in [2.75, 3.05) is 18.5 Å². The third-order valence-electron chi connectivity index (χ3n) is 6.37. The molecule has 186 valence electrons. The largest absolute Gasteiger partial charge is 0.376 e. The number of benzene rings is 2. The first kappa shape index (κ1) is 24.6. The lowest BCUT2D eigenvalue weighted by atomic mass is 9.93. The van der Waals surface area contributed by atoms with Gasteiger partial charge in [0.1, 0.15) is 0 Å². The number of hydrogen-bond acceptors (Lipinski definition) is 6. The second-order valence-electron chi connectivity index (χ2n) is 8.85. The molecule has 2 unspecified atom stereocenters. The summed E-state index contributed by atoms with van der Waals surface area (Å²) >= 11 is 8.11. The number of nitrogens with zero attached hydrogens (tertiary/aromatic N) is 2. The van der Waals surface area contributed by atoms with Crippen molar-refractivity contribution >= 4 is 46.0 Å². The first-order chi connectivity index (χ1) is 17.5. The number of amidine groups is 1. The van der Waals surface area contributed by atoms with Crippen molar-refractivity contribution in [3.8, 4) is 0 Å². The molecule has 0 saturated carbocycles. The van der Waals surface area contributed by atoms with E-state index in [1.165, 1.54) is 11.8 Å². The van der Waals surface area contributed by atoms with E-state index in [4.69, 9.17) is 21.3 Å². The van der Waals surface area contributed by atoms with Crippen LogP contribution in [-0.4, -0.2) is 41.1 Å². The summed E-state index contributed by atoms with van der Waals surface area (Å²) in [6.07, 6.45) is 2.21. The third kappa shape index (κ3) is 5.21. The number of thioether (sulfide) groups is 1. The third-order valence-corrected chi connectivity index (χ3v) is 7.60. The van der Waals surface area contributed by atoms with Crippen LogP contribution < -0.4 is 10.6 Å². The Labute approximate surface area is 219 Å². The van der Waals surface area contributed by atoms with Gasteiger partial charge in [0.05, 0.1) is 29.8 Å². The smallest absolute Gasteiger partial charge is 0.255 e. The van der Waals surface area contributed by atoms with Crippen molar-refractivity contribution in [1.82, 2.24) is 10.2 Å². The maximum absolute atomic E-state index is 13.6. The normalized spacial score (nSPS) is 21.1. The molecule has 0 aromatic heterocycles. The van der Waals surface area contributed by atoms with Crippen LogP contribution in [0.5, 0.6) is 0 Å². The second kappa shape index (κ2) is 10.9. The highest BCUT2D eigenvalue weighted by atomic mass is 35.5. The van der Waals surface area contributed by atoms with Gasteiger partial charge in [0, 0.05) is 29.6 Å². The van der Waals surface area contributed by atoms with Crippen LogP contribution in [0, 0.1) is 0 Å². The van der Waals surface area contributed by atoms with E-state index in [2.05, 4.69) is 10.6 Å². The van der Waals surface area contributed by atoms with Gasteiger partial charge in [0.15, 0.2) is 5.17 Å². The first-order valence-corrected chi connectivity index (χ1v) is 13.2. The molecular formula is C27H27ClN4O3S. The Morgan fingerprint density at radius 2 is 1.94 bits per heavy atom. The molecule has 2 aromatic rings. The van der Waals surface area contributed by atoms with E-state index in [-0.39, 0.29) is 24.3 Å². The molecule has 2 atom stereocenters. The molecule has 7 nitrogen and oxygen atoms in total. The fraction of sp³-hybridized carbons (Fsp3) is 0.296.